The standard InChI is InChI=1S/C15H33N3O/c1-14(2)18(4)13-15(19)17-12-10-8-6-5-7-9-11-16-3/h14,16H,5-13H2,1-4H3,(H,17,19). The fourth-order valence-electron chi connectivity index (χ4n) is 1.83. The third-order valence-corrected chi connectivity index (χ3v) is 3.45. The molecule has 0 aromatic carbocycles. The van der Waals surface area contributed by atoms with Gasteiger partial charge in [-0.3, -0.25) is 9.69 Å². The fourth-order valence-corrected chi connectivity index (χ4v) is 1.83. The van der Waals surface area contributed by atoms with Crippen LogP contribution in [-0.2, 0) is 4.79 Å². The van der Waals surface area contributed by atoms with Crippen LogP contribution in [0.15, 0.2) is 0 Å². The van der Waals surface area contributed by atoms with Crippen LogP contribution < -0.4 is 10.6 Å². The summed E-state index contributed by atoms with van der Waals surface area (Å²) in [6.07, 6.45) is 7.50. The molecule has 4 heteroatoms. The van der Waals surface area contributed by atoms with E-state index in [1.165, 1.54) is 32.1 Å². The Morgan fingerprint density at radius 1 is 1.00 bits per heavy atom. The third-order valence-electron chi connectivity index (χ3n) is 3.45. The molecule has 0 spiro atoms. The lowest BCUT2D eigenvalue weighted by molar-refractivity contribution is -0.122. The summed E-state index contributed by atoms with van der Waals surface area (Å²) in [5.41, 5.74) is 0. The molecule has 0 aromatic rings. The van der Waals surface area contributed by atoms with Crippen molar-refractivity contribution in [3.05, 3.63) is 0 Å². The van der Waals surface area contributed by atoms with Crippen molar-refractivity contribution in [2.45, 2.75) is 58.4 Å². The molecule has 114 valence electrons. The number of unbranched alkanes of at least 4 members (excludes halogenated alkanes) is 5. The van der Waals surface area contributed by atoms with Crippen LogP contribution in [-0.4, -0.2) is 50.6 Å². The first-order valence-electron chi connectivity index (χ1n) is 7.69. The summed E-state index contributed by atoms with van der Waals surface area (Å²) in [5.74, 6) is 0.144. The van der Waals surface area contributed by atoms with Crippen molar-refractivity contribution < 1.29 is 4.79 Å². The summed E-state index contributed by atoms with van der Waals surface area (Å²) in [6.45, 7) is 6.64. The topological polar surface area (TPSA) is 44.4 Å². The van der Waals surface area contributed by atoms with Gasteiger partial charge in [-0.1, -0.05) is 25.7 Å². The number of amides is 1. The summed E-state index contributed by atoms with van der Waals surface area (Å²) in [7, 11) is 3.98. The third kappa shape index (κ3) is 12.2. The Morgan fingerprint density at radius 2 is 1.53 bits per heavy atom. The molecule has 0 aromatic heterocycles. The summed E-state index contributed by atoms with van der Waals surface area (Å²) < 4.78 is 0. The molecule has 0 atom stereocenters. The quantitative estimate of drug-likeness (QED) is 0.534. The maximum Gasteiger partial charge on any atom is 0.234 e. The van der Waals surface area contributed by atoms with Crippen molar-refractivity contribution in [3.8, 4) is 0 Å². The summed E-state index contributed by atoms with van der Waals surface area (Å²) in [4.78, 5) is 13.7. The first kappa shape index (κ1) is 18.4. The highest BCUT2D eigenvalue weighted by atomic mass is 16.2. The van der Waals surface area contributed by atoms with Crippen LogP contribution in [0.1, 0.15) is 52.4 Å². The molecule has 0 saturated carbocycles. The van der Waals surface area contributed by atoms with Gasteiger partial charge in [0.2, 0.25) is 5.91 Å². The van der Waals surface area contributed by atoms with Crippen molar-refractivity contribution in [2.24, 2.45) is 0 Å². The molecule has 4 nitrogen and oxygen atoms in total. The van der Waals surface area contributed by atoms with E-state index in [1.807, 2.05) is 14.1 Å². The van der Waals surface area contributed by atoms with E-state index in [9.17, 15) is 4.79 Å². The zero-order chi connectivity index (χ0) is 14.5. The second-order valence-electron chi connectivity index (χ2n) is 5.58. The summed E-state index contributed by atoms with van der Waals surface area (Å²) in [6, 6.07) is 0.420. The van der Waals surface area contributed by atoms with E-state index in [1.54, 1.807) is 0 Å². The Balaban J connectivity index is 3.27. The van der Waals surface area contributed by atoms with Crippen LogP contribution in [0.5, 0.6) is 0 Å². The van der Waals surface area contributed by atoms with Gasteiger partial charge in [0, 0.05) is 12.6 Å². The number of nitrogens with zero attached hydrogens (tertiary/aromatic N) is 1. The van der Waals surface area contributed by atoms with Gasteiger partial charge in [-0.05, 0) is 47.3 Å². The zero-order valence-electron chi connectivity index (χ0n) is 13.3. The first-order valence-corrected chi connectivity index (χ1v) is 7.69. The van der Waals surface area contributed by atoms with Crippen molar-refractivity contribution in [1.29, 1.82) is 0 Å². The van der Waals surface area contributed by atoms with Crippen molar-refractivity contribution in [2.75, 3.05) is 33.7 Å². The SMILES string of the molecule is CNCCCCCCCCNC(=O)CN(C)C(C)C. The second-order valence-corrected chi connectivity index (χ2v) is 5.58. The number of carbonyl (C=O) groups excluding carboxylic acids is 1. The van der Waals surface area contributed by atoms with Gasteiger partial charge in [0.1, 0.15) is 0 Å². The molecular formula is C15H33N3O. The molecule has 2 N–H and O–H groups in total. The average molecular weight is 271 g/mol. The predicted octanol–water partition coefficient (Wildman–Crippen LogP) is 2.00. The van der Waals surface area contributed by atoms with Gasteiger partial charge < -0.3 is 10.6 Å². The smallest absolute Gasteiger partial charge is 0.234 e. The van der Waals surface area contributed by atoms with Gasteiger partial charge in [0.05, 0.1) is 6.54 Å². The molecule has 0 bridgehead atoms. The molecule has 0 aliphatic carbocycles. The van der Waals surface area contributed by atoms with Gasteiger partial charge in [0.15, 0.2) is 0 Å². The Morgan fingerprint density at radius 3 is 2.05 bits per heavy atom. The number of carbonyl (C=O) groups is 1. The molecule has 0 saturated heterocycles. The van der Waals surface area contributed by atoms with E-state index >= 15 is 0 Å². The van der Waals surface area contributed by atoms with Crippen LogP contribution in [0.25, 0.3) is 0 Å². The lowest BCUT2D eigenvalue weighted by Crippen LogP contribution is -2.38. The number of rotatable bonds is 12. The summed E-state index contributed by atoms with van der Waals surface area (Å²) in [5, 5.41) is 6.15. The number of likely N-dealkylation sites (N-methyl/N-ethyl adjacent to an activating group) is 1. The molecular weight excluding hydrogens is 238 g/mol. The first-order chi connectivity index (χ1) is 9.07. The van der Waals surface area contributed by atoms with Crippen LogP contribution >= 0.6 is 0 Å². The van der Waals surface area contributed by atoms with E-state index in [4.69, 9.17) is 0 Å². The predicted molar refractivity (Wildman–Crippen MR) is 82.4 cm³/mol. The molecule has 0 unspecified atom stereocenters. The van der Waals surface area contributed by atoms with Gasteiger partial charge in [-0.2, -0.15) is 0 Å². The molecule has 0 rings (SSSR count). The lowest BCUT2D eigenvalue weighted by atomic mass is 10.1. The molecule has 0 aliphatic rings. The van der Waals surface area contributed by atoms with Crippen molar-refractivity contribution in [3.63, 3.8) is 0 Å². The lowest BCUT2D eigenvalue weighted by Gasteiger charge is -2.20. The van der Waals surface area contributed by atoms with Crippen LogP contribution in [0, 0.1) is 0 Å². The van der Waals surface area contributed by atoms with E-state index in [0.717, 1.165) is 19.5 Å². The van der Waals surface area contributed by atoms with E-state index in [2.05, 4.69) is 29.4 Å². The minimum absolute atomic E-state index is 0.144. The maximum atomic E-state index is 11.6. The molecule has 0 aliphatic heterocycles. The number of hydrogen-bond donors (Lipinski definition) is 2. The highest BCUT2D eigenvalue weighted by Crippen LogP contribution is 2.04. The van der Waals surface area contributed by atoms with Gasteiger partial charge in [-0.25, -0.2) is 0 Å². The monoisotopic (exact) mass is 271 g/mol. The molecule has 19 heavy (non-hydrogen) atoms. The molecule has 1 amide bonds. The second kappa shape index (κ2) is 12.4. The van der Waals surface area contributed by atoms with Crippen LogP contribution in [0.4, 0.5) is 0 Å². The maximum absolute atomic E-state index is 11.6. The number of nitrogens with one attached hydrogen (secondary N) is 2. The minimum Gasteiger partial charge on any atom is -0.355 e. The average Bonchev–Trinajstić information content (AvgIpc) is 2.36. The minimum atomic E-state index is 0.144. The Labute approximate surface area is 119 Å². The molecule has 0 radical (unpaired) electrons. The van der Waals surface area contributed by atoms with Crippen molar-refractivity contribution >= 4 is 5.91 Å². The van der Waals surface area contributed by atoms with E-state index in [-0.39, 0.29) is 5.91 Å². The Kier molecular flexibility index (Phi) is 12.0. The number of hydrogen-bond acceptors (Lipinski definition) is 3. The van der Waals surface area contributed by atoms with Gasteiger partial charge >= 0.3 is 0 Å². The van der Waals surface area contributed by atoms with Crippen LogP contribution in [0.3, 0.4) is 0 Å². The van der Waals surface area contributed by atoms with E-state index in [0.29, 0.717) is 12.6 Å². The normalized spacial score (nSPS) is 11.3. The van der Waals surface area contributed by atoms with Crippen LogP contribution in [0.2, 0.25) is 0 Å². The van der Waals surface area contributed by atoms with Crippen molar-refractivity contribution in [1.82, 2.24) is 15.5 Å². The highest BCUT2D eigenvalue weighted by Gasteiger charge is 2.08. The fraction of sp³-hybridized carbons (Fsp3) is 0.933. The highest BCUT2D eigenvalue weighted by molar-refractivity contribution is 5.77. The zero-order valence-corrected chi connectivity index (χ0v) is 13.3. The van der Waals surface area contributed by atoms with E-state index < -0.39 is 0 Å². The Bertz CT molecular complexity index is 219. The summed E-state index contributed by atoms with van der Waals surface area (Å²) >= 11 is 0. The molecule has 0 heterocycles. The largest absolute Gasteiger partial charge is 0.355 e. The molecule has 0 fully saturated rings. The Hall–Kier alpha value is -0.610. The van der Waals surface area contributed by atoms with Gasteiger partial charge in [-0.15, -0.1) is 0 Å². The van der Waals surface area contributed by atoms with Gasteiger partial charge in [0.25, 0.3) is 0 Å².